The van der Waals surface area contributed by atoms with Gasteiger partial charge in [0.25, 0.3) is 0 Å². The van der Waals surface area contributed by atoms with Crippen LogP contribution in [0.5, 0.6) is 5.75 Å². The Balaban J connectivity index is 1.83. The van der Waals surface area contributed by atoms with Gasteiger partial charge in [0, 0.05) is 11.1 Å². The first-order chi connectivity index (χ1) is 15.2. The summed E-state index contributed by atoms with van der Waals surface area (Å²) in [6.45, 7) is 6.60. The zero-order valence-corrected chi connectivity index (χ0v) is 18.9. The Hall–Kier alpha value is -3.35. The molecule has 2 aromatic carbocycles. The van der Waals surface area contributed by atoms with Crippen LogP contribution in [0, 0.1) is 0 Å². The minimum absolute atomic E-state index is 0.0190. The number of aliphatic carboxylic acids is 1. The lowest BCUT2D eigenvalue weighted by Gasteiger charge is -2.26. The molecule has 3 N–H and O–H groups in total. The zero-order chi connectivity index (χ0) is 23.3. The molecule has 0 aliphatic rings. The first kappa shape index (κ1) is 23.3. The number of fused-ring (bicyclic) bond motifs is 1. The summed E-state index contributed by atoms with van der Waals surface area (Å²) >= 11 is 0. The maximum atomic E-state index is 11.9. The third-order valence-electron chi connectivity index (χ3n) is 5.97. The number of aryl methyl sites for hydroxylation is 1. The van der Waals surface area contributed by atoms with E-state index in [4.69, 9.17) is 0 Å². The molecule has 3 aromatic rings. The highest BCUT2D eigenvalue weighted by molar-refractivity contribution is 5.95. The highest BCUT2D eigenvalue weighted by atomic mass is 16.5. The van der Waals surface area contributed by atoms with Gasteiger partial charge in [0.05, 0.1) is 0 Å². The number of unbranched alkanes of at least 4 members (excludes halogenated alkanes) is 2. The van der Waals surface area contributed by atoms with Crippen LogP contribution in [-0.4, -0.2) is 36.5 Å². The molecule has 3 rings (SSSR count). The summed E-state index contributed by atoms with van der Waals surface area (Å²) in [5, 5.41) is 37.4. The van der Waals surface area contributed by atoms with E-state index in [0.29, 0.717) is 28.0 Å². The van der Waals surface area contributed by atoms with E-state index >= 15 is 0 Å². The summed E-state index contributed by atoms with van der Waals surface area (Å²) in [5.41, 5.74) is 3.51. The molecule has 7 heteroatoms. The fourth-order valence-corrected chi connectivity index (χ4v) is 3.93. The molecule has 0 radical (unpaired) electrons. The minimum atomic E-state index is -1.03. The summed E-state index contributed by atoms with van der Waals surface area (Å²) in [6, 6.07) is 10.8. The Morgan fingerprint density at radius 2 is 1.94 bits per heavy atom. The van der Waals surface area contributed by atoms with Crippen LogP contribution in [0.1, 0.15) is 69.6 Å². The van der Waals surface area contributed by atoms with Gasteiger partial charge in [0.2, 0.25) is 0 Å². The second-order valence-electron chi connectivity index (χ2n) is 8.84. The number of hydrogen-bond acceptors (Lipinski definition) is 5. The van der Waals surface area contributed by atoms with Gasteiger partial charge in [-0.15, -0.1) is 10.2 Å². The first-order valence-corrected chi connectivity index (χ1v) is 11.0. The number of aromatic nitrogens is 3. The third kappa shape index (κ3) is 5.46. The highest BCUT2D eigenvalue weighted by Crippen LogP contribution is 2.33. The van der Waals surface area contributed by atoms with Crippen LogP contribution in [-0.2, 0) is 16.6 Å². The number of nitrogens with zero attached hydrogens (tertiary/aromatic N) is 3. The largest absolute Gasteiger partial charge is 0.508 e. The van der Waals surface area contributed by atoms with Crippen LogP contribution in [0.3, 0.4) is 0 Å². The molecule has 0 aliphatic carbocycles. The van der Waals surface area contributed by atoms with Crippen LogP contribution < -0.4 is 0 Å². The van der Waals surface area contributed by atoms with Gasteiger partial charge in [-0.1, -0.05) is 64.3 Å². The van der Waals surface area contributed by atoms with Crippen LogP contribution in [0.25, 0.3) is 17.1 Å². The molecule has 0 amide bonds. The van der Waals surface area contributed by atoms with Crippen molar-refractivity contribution < 1.29 is 20.2 Å². The second-order valence-corrected chi connectivity index (χ2v) is 8.84. The maximum Gasteiger partial charge on any atom is 0.331 e. The number of aromatic hydroxyl groups is 1. The van der Waals surface area contributed by atoms with Gasteiger partial charge in [-0.2, -0.15) is 0 Å². The van der Waals surface area contributed by atoms with Crippen molar-refractivity contribution in [3.05, 3.63) is 58.7 Å². The van der Waals surface area contributed by atoms with Gasteiger partial charge in [-0.05, 0) is 59.0 Å². The maximum absolute atomic E-state index is 11.9. The summed E-state index contributed by atoms with van der Waals surface area (Å²) < 4.78 is 0. The van der Waals surface area contributed by atoms with Gasteiger partial charge >= 0.3 is 5.97 Å². The van der Waals surface area contributed by atoms with E-state index in [9.17, 15) is 20.2 Å². The third-order valence-corrected chi connectivity index (χ3v) is 5.97. The molecule has 0 atom stereocenters. The summed E-state index contributed by atoms with van der Waals surface area (Å²) in [7, 11) is 0. The van der Waals surface area contributed by atoms with Crippen molar-refractivity contribution in [3.8, 4) is 5.75 Å². The topological polar surface area (TPSA) is 108 Å². The average molecular weight is 438 g/mol. The van der Waals surface area contributed by atoms with Crippen molar-refractivity contribution in [3.63, 3.8) is 0 Å². The van der Waals surface area contributed by atoms with Crippen molar-refractivity contribution in [1.29, 1.82) is 0 Å². The lowest BCUT2D eigenvalue weighted by Crippen LogP contribution is -2.17. The number of carboxylic acid groups (broad SMARTS) is 1. The van der Waals surface area contributed by atoms with E-state index in [1.54, 1.807) is 30.3 Å². The molecule has 0 aliphatic heterocycles. The van der Waals surface area contributed by atoms with E-state index in [1.165, 1.54) is 12.8 Å². The van der Waals surface area contributed by atoms with Gasteiger partial charge < -0.3 is 15.4 Å². The molecule has 1 aromatic heterocycles. The number of hydrogen-bond donors (Lipinski definition) is 3. The number of carboxylic acids is 1. The molecule has 0 spiro atoms. The minimum Gasteiger partial charge on any atom is -0.508 e. The van der Waals surface area contributed by atoms with Gasteiger partial charge in [-0.25, -0.2) is 4.79 Å². The normalized spacial score (nSPS) is 12.4. The van der Waals surface area contributed by atoms with E-state index in [0.717, 1.165) is 24.0 Å². The quantitative estimate of drug-likeness (QED) is 0.225. The SMILES string of the molecule is CCCCCC(C)(C)c1ccc(O)c(CCC(=Cc2cccc3nn(O)nc23)C(=O)O)c1. The number of phenols is 1. The lowest BCUT2D eigenvalue weighted by molar-refractivity contribution is -0.132. The monoisotopic (exact) mass is 437 g/mol. The van der Waals surface area contributed by atoms with Crippen molar-refractivity contribution in [1.82, 2.24) is 15.2 Å². The standard InChI is InChI=1S/C25H31N3O4/c1-4-5-6-14-25(2,3)20-12-13-22(29)17(16-20)10-11-19(24(30)31)15-18-8-7-9-21-23(18)27-28(32)26-21/h7-9,12-13,15-16,29,32H,4-6,10-11,14H2,1-3H3,(H,30,31). The molecular formula is C25H31N3O4. The molecule has 7 nitrogen and oxygen atoms in total. The lowest BCUT2D eigenvalue weighted by atomic mass is 9.79. The van der Waals surface area contributed by atoms with E-state index in [1.807, 2.05) is 12.1 Å². The molecule has 0 fully saturated rings. The van der Waals surface area contributed by atoms with Crippen molar-refractivity contribution in [2.45, 2.75) is 64.7 Å². The average Bonchev–Trinajstić information content (AvgIpc) is 3.13. The molecular weight excluding hydrogens is 406 g/mol. The van der Waals surface area contributed by atoms with Crippen LogP contribution in [0.15, 0.2) is 42.0 Å². The number of rotatable bonds is 10. The zero-order valence-electron chi connectivity index (χ0n) is 18.9. The van der Waals surface area contributed by atoms with Gasteiger partial charge in [-0.3, -0.25) is 0 Å². The molecule has 32 heavy (non-hydrogen) atoms. The number of benzene rings is 2. The Morgan fingerprint density at radius 3 is 2.66 bits per heavy atom. The highest BCUT2D eigenvalue weighted by Gasteiger charge is 2.21. The fraction of sp³-hybridized carbons (Fsp3) is 0.400. The van der Waals surface area contributed by atoms with Crippen LogP contribution in [0.2, 0.25) is 0 Å². The van der Waals surface area contributed by atoms with Crippen molar-refractivity contribution >= 4 is 23.1 Å². The van der Waals surface area contributed by atoms with E-state index in [2.05, 4.69) is 31.0 Å². The number of carbonyl (C=O) groups is 1. The summed E-state index contributed by atoms with van der Waals surface area (Å²) in [6.07, 6.45) is 6.75. The van der Waals surface area contributed by atoms with Crippen molar-refractivity contribution in [2.75, 3.05) is 0 Å². The first-order valence-electron chi connectivity index (χ1n) is 11.0. The molecule has 0 bridgehead atoms. The Kier molecular flexibility index (Phi) is 7.18. The smallest absolute Gasteiger partial charge is 0.331 e. The molecule has 1 heterocycles. The second kappa shape index (κ2) is 9.85. The van der Waals surface area contributed by atoms with Gasteiger partial charge in [0.1, 0.15) is 16.8 Å². The predicted octanol–water partition coefficient (Wildman–Crippen LogP) is 5.33. The van der Waals surface area contributed by atoms with Crippen LogP contribution in [0.4, 0.5) is 0 Å². The molecule has 0 saturated carbocycles. The fourth-order valence-electron chi connectivity index (χ4n) is 3.93. The number of phenolic OH excluding ortho intramolecular Hbond substituents is 1. The summed E-state index contributed by atoms with van der Waals surface area (Å²) in [4.78, 5) is 12.4. The predicted molar refractivity (Wildman–Crippen MR) is 124 cm³/mol. The Morgan fingerprint density at radius 1 is 1.16 bits per heavy atom. The molecule has 170 valence electrons. The summed E-state index contributed by atoms with van der Waals surface area (Å²) in [5.74, 6) is -0.859. The molecule has 0 unspecified atom stereocenters. The van der Waals surface area contributed by atoms with Crippen molar-refractivity contribution in [2.24, 2.45) is 0 Å². The van der Waals surface area contributed by atoms with Gasteiger partial charge in [0.15, 0.2) is 0 Å². The van der Waals surface area contributed by atoms with E-state index < -0.39 is 5.97 Å². The Labute approximate surface area is 188 Å². The Bertz CT molecular complexity index is 1130. The van der Waals surface area contributed by atoms with Crippen LogP contribution >= 0.6 is 0 Å². The molecule has 0 saturated heterocycles. The van der Waals surface area contributed by atoms with E-state index in [-0.39, 0.29) is 23.2 Å².